The fourth-order valence-electron chi connectivity index (χ4n) is 4.25. The van der Waals surface area contributed by atoms with E-state index in [0.29, 0.717) is 12.8 Å². The minimum atomic E-state index is -0.251. The maximum absolute atomic E-state index is 12.4. The number of fused-ring (bicyclic) bond motifs is 1. The highest BCUT2D eigenvalue weighted by Crippen LogP contribution is 2.36. The summed E-state index contributed by atoms with van der Waals surface area (Å²) in [6.07, 6.45) is 9.41. The van der Waals surface area contributed by atoms with Crippen molar-refractivity contribution in [2.75, 3.05) is 20.6 Å². The number of carbonyl (C=O) groups excluding carboxylic acids is 2. The van der Waals surface area contributed by atoms with Gasteiger partial charge in [-0.05, 0) is 62.9 Å². The SMILES string of the molecule is CNCCCCCCCc1ccc2c(c1)CN(C(CCC=O)C(=O)NC)C2C. The van der Waals surface area contributed by atoms with Crippen LogP contribution in [-0.4, -0.2) is 43.8 Å². The summed E-state index contributed by atoms with van der Waals surface area (Å²) in [6.45, 7) is 4.06. The Morgan fingerprint density at radius 3 is 2.68 bits per heavy atom. The average molecular weight is 388 g/mol. The maximum Gasteiger partial charge on any atom is 0.237 e. The van der Waals surface area contributed by atoms with Crippen LogP contribution in [0.1, 0.15) is 74.6 Å². The zero-order valence-corrected chi connectivity index (χ0v) is 17.8. The zero-order chi connectivity index (χ0) is 20.4. The molecule has 2 rings (SSSR count). The van der Waals surface area contributed by atoms with E-state index >= 15 is 0 Å². The van der Waals surface area contributed by atoms with Crippen LogP contribution in [0.5, 0.6) is 0 Å². The molecular formula is C23H37N3O2. The second-order valence-corrected chi connectivity index (χ2v) is 7.88. The van der Waals surface area contributed by atoms with E-state index in [-0.39, 0.29) is 18.0 Å². The highest BCUT2D eigenvalue weighted by molar-refractivity contribution is 5.82. The molecule has 28 heavy (non-hydrogen) atoms. The van der Waals surface area contributed by atoms with Crippen LogP contribution in [0.15, 0.2) is 18.2 Å². The van der Waals surface area contributed by atoms with Gasteiger partial charge in [0.1, 0.15) is 6.29 Å². The topological polar surface area (TPSA) is 61.4 Å². The Morgan fingerprint density at radius 1 is 1.21 bits per heavy atom. The van der Waals surface area contributed by atoms with Crippen molar-refractivity contribution < 1.29 is 9.59 Å². The molecule has 2 unspecified atom stereocenters. The lowest BCUT2D eigenvalue weighted by molar-refractivity contribution is -0.127. The van der Waals surface area contributed by atoms with Crippen LogP contribution in [0, 0.1) is 0 Å². The van der Waals surface area contributed by atoms with Gasteiger partial charge in [0.15, 0.2) is 0 Å². The van der Waals surface area contributed by atoms with E-state index in [9.17, 15) is 9.59 Å². The molecular weight excluding hydrogens is 350 g/mol. The smallest absolute Gasteiger partial charge is 0.237 e. The minimum Gasteiger partial charge on any atom is -0.358 e. The second-order valence-electron chi connectivity index (χ2n) is 7.88. The van der Waals surface area contributed by atoms with Gasteiger partial charge in [0.2, 0.25) is 5.91 Å². The van der Waals surface area contributed by atoms with E-state index in [0.717, 1.165) is 25.8 Å². The molecule has 0 spiro atoms. The Hall–Kier alpha value is -1.72. The summed E-state index contributed by atoms with van der Waals surface area (Å²) in [5.74, 6) is 0.00000240. The van der Waals surface area contributed by atoms with E-state index in [1.807, 2.05) is 7.05 Å². The largest absolute Gasteiger partial charge is 0.358 e. The van der Waals surface area contributed by atoms with Crippen LogP contribution in [0.4, 0.5) is 0 Å². The number of unbranched alkanes of at least 4 members (excludes halogenated alkanes) is 4. The summed E-state index contributed by atoms with van der Waals surface area (Å²) in [7, 11) is 3.68. The van der Waals surface area contributed by atoms with Crippen LogP contribution < -0.4 is 10.6 Å². The van der Waals surface area contributed by atoms with Crippen molar-refractivity contribution in [1.82, 2.24) is 15.5 Å². The van der Waals surface area contributed by atoms with Crippen molar-refractivity contribution in [3.05, 3.63) is 34.9 Å². The molecule has 1 aromatic carbocycles. The van der Waals surface area contributed by atoms with Crippen LogP contribution in [0.25, 0.3) is 0 Å². The molecule has 1 heterocycles. The number of hydrogen-bond acceptors (Lipinski definition) is 4. The predicted octanol–water partition coefficient (Wildman–Crippen LogP) is 3.37. The Morgan fingerprint density at radius 2 is 1.96 bits per heavy atom. The Bertz CT molecular complexity index is 632. The molecule has 5 nitrogen and oxygen atoms in total. The Balaban J connectivity index is 1.92. The van der Waals surface area contributed by atoms with Crippen molar-refractivity contribution in [3.63, 3.8) is 0 Å². The third-order valence-electron chi connectivity index (χ3n) is 5.91. The fraction of sp³-hybridized carbons (Fsp3) is 0.652. The van der Waals surface area contributed by atoms with Gasteiger partial charge in [0, 0.05) is 26.1 Å². The zero-order valence-electron chi connectivity index (χ0n) is 17.8. The first-order valence-electron chi connectivity index (χ1n) is 10.8. The van der Waals surface area contributed by atoms with Gasteiger partial charge < -0.3 is 15.4 Å². The fourth-order valence-corrected chi connectivity index (χ4v) is 4.25. The number of nitrogens with zero attached hydrogens (tertiary/aromatic N) is 1. The number of rotatable bonds is 13. The predicted molar refractivity (Wildman–Crippen MR) is 114 cm³/mol. The van der Waals surface area contributed by atoms with Gasteiger partial charge in [-0.3, -0.25) is 9.69 Å². The molecule has 0 aliphatic carbocycles. The molecule has 1 aromatic rings. The highest BCUT2D eigenvalue weighted by atomic mass is 16.2. The van der Waals surface area contributed by atoms with E-state index in [1.165, 1.54) is 48.8 Å². The monoisotopic (exact) mass is 387 g/mol. The molecule has 1 aliphatic rings. The number of nitrogens with one attached hydrogen (secondary N) is 2. The minimum absolute atomic E-state index is 0.00000240. The van der Waals surface area contributed by atoms with Crippen molar-refractivity contribution in [1.29, 1.82) is 0 Å². The summed E-state index contributed by atoms with van der Waals surface area (Å²) in [6, 6.07) is 6.76. The van der Waals surface area contributed by atoms with Crippen LogP contribution in [0.3, 0.4) is 0 Å². The Labute approximate surface area is 170 Å². The van der Waals surface area contributed by atoms with Gasteiger partial charge in [-0.15, -0.1) is 0 Å². The number of carbonyl (C=O) groups is 2. The molecule has 1 aliphatic heterocycles. The van der Waals surface area contributed by atoms with Gasteiger partial charge in [-0.2, -0.15) is 0 Å². The van der Waals surface area contributed by atoms with Gasteiger partial charge in [-0.1, -0.05) is 37.5 Å². The van der Waals surface area contributed by atoms with E-state index in [4.69, 9.17) is 0 Å². The summed E-state index contributed by atoms with van der Waals surface area (Å²) < 4.78 is 0. The third-order valence-corrected chi connectivity index (χ3v) is 5.91. The van der Waals surface area contributed by atoms with Crippen molar-refractivity contribution in [3.8, 4) is 0 Å². The van der Waals surface area contributed by atoms with Gasteiger partial charge >= 0.3 is 0 Å². The normalized spacial score (nSPS) is 17.3. The molecule has 0 saturated carbocycles. The van der Waals surface area contributed by atoms with E-state index < -0.39 is 0 Å². The highest BCUT2D eigenvalue weighted by Gasteiger charge is 2.35. The lowest BCUT2D eigenvalue weighted by atomic mass is 9.99. The quantitative estimate of drug-likeness (QED) is 0.402. The number of likely N-dealkylation sites (N-methyl/N-ethyl adjacent to an activating group) is 1. The first-order chi connectivity index (χ1) is 13.6. The van der Waals surface area contributed by atoms with Crippen molar-refractivity contribution in [2.24, 2.45) is 0 Å². The summed E-state index contributed by atoms with van der Waals surface area (Å²) >= 11 is 0. The van der Waals surface area contributed by atoms with Crippen LogP contribution in [-0.2, 0) is 22.6 Å². The van der Waals surface area contributed by atoms with Gasteiger partial charge in [0.05, 0.1) is 6.04 Å². The summed E-state index contributed by atoms with van der Waals surface area (Å²) in [4.78, 5) is 25.4. The van der Waals surface area contributed by atoms with Gasteiger partial charge in [-0.25, -0.2) is 0 Å². The number of aryl methyl sites for hydroxylation is 1. The molecule has 5 heteroatoms. The first-order valence-corrected chi connectivity index (χ1v) is 10.8. The lowest BCUT2D eigenvalue weighted by Gasteiger charge is -2.29. The molecule has 156 valence electrons. The maximum atomic E-state index is 12.4. The molecule has 0 bridgehead atoms. The van der Waals surface area contributed by atoms with E-state index in [2.05, 4.69) is 40.7 Å². The number of hydrogen-bond donors (Lipinski definition) is 2. The molecule has 0 radical (unpaired) electrons. The summed E-state index contributed by atoms with van der Waals surface area (Å²) in [5, 5.41) is 5.96. The lowest BCUT2D eigenvalue weighted by Crippen LogP contribution is -2.44. The van der Waals surface area contributed by atoms with E-state index in [1.54, 1.807) is 7.05 Å². The molecule has 0 fully saturated rings. The molecule has 2 atom stereocenters. The summed E-state index contributed by atoms with van der Waals surface area (Å²) in [5.41, 5.74) is 4.04. The number of amides is 1. The van der Waals surface area contributed by atoms with Crippen molar-refractivity contribution in [2.45, 2.75) is 76.9 Å². The molecule has 0 saturated heterocycles. The van der Waals surface area contributed by atoms with Crippen LogP contribution in [0.2, 0.25) is 0 Å². The van der Waals surface area contributed by atoms with Crippen LogP contribution >= 0.6 is 0 Å². The molecule has 2 N–H and O–H groups in total. The molecule has 1 amide bonds. The molecule has 0 aromatic heterocycles. The average Bonchev–Trinajstić information content (AvgIpc) is 3.03. The number of benzene rings is 1. The Kier molecular flexibility index (Phi) is 9.65. The standard InChI is InChI=1S/C23H37N3O2/c1-18-21-13-12-19(10-7-5-4-6-8-14-24-2)16-20(21)17-26(18)22(11-9-15-27)23(28)25-3/h12-13,15-16,18,22,24H,4-11,14,17H2,1-3H3,(H,25,28). The third kappa shape index (κ3) is 6.14. The number of aldehydes is 1. The first kappa shape index (κ1) is 22.6. The second kappa shape index (κ2) is 12.0. The van der Waals surface area contributed by atoms with Crippen molar-refractivity contribution >= 4 is 12.2 Å². The van der Waals surface area contributed by atoms with Gasteiger partial charge in [0.25, 0.3) is 0 Å².